The molecule has 1 fully saturated rings. The maximum absolute atomic E-state index is 5.75. The smallest absolute Gasteiger partial charge is 0.228 e. The van der Waals surface area contributed by atoms with Gasteiger partial charge in [0.05, 0.1) is 0 Å². The standard InChI is InChI=1S/C11H16Cl2N4/c1-11(2)6-4-3-5-7(11)14-10-16-8(12)15-9(13)17-10/h7H,3-6H2,1-2H3,(H,14,15,16,17). The number of hydrogen-bond donors (Lipinski definition) is 1. The van der Waals surface area contributed by atoms with Crippen molar-refractivity contribution in [1.29, 1.82) is 0 Å². The summed E-state index contributed by atoms with van der Waals surface area (Å²) in [4.78, 5) is 11.8. The molecule has 0 saturated heterocycles. The number of aromatic nitrogens is 3. The van der Waals surface area contributed by atoms with Crippen LogP contribution in [0.5, 0.6) is 0 Å². The van der Waals surface area contributed by atoms with Gasteiger partial charge in [-0.15, -0.1) is 0 Å². The van der Waals surface area contributed by atoms with Gasteiger partial charge in [-0.3, -0.25) is 0 Å². The number of hydrogen-bond acceptors (Lipinski definition) is 4. The van der Waals surface area contributed by atoms with Gasteiger partial charge in [0.15, 0.2) is 0 Å². The largest absolute Gasteiger partial charge is 0.351 e. The van der Waals surface area contributed by atoms with Crippen LogP contribution in [0.3, 0.4) is 0 Å². The first-order valence-corrected chi connectivity index (χ1v) is 6.56. The first-order chi connectivity index (χ1) is 7.97. The summed E-state index contributed by atoms with van der Waals surface area (Å²) in [5.41, 5.74) is 0.240. The van der Waals surface area contributed by atoms with E-state index < -0.39 is 0 Å². The predicted octanol–water partition coefficient (Wildman–Crippen LogP) is 3.56. The molecule has 0 aliphatic heterocycles. The fourth-order valence-corrected chi connectivity index (χ4v) is 2.67. The van der Waals surface area contributed by atoms with Crippen LogP contribution < -0.4 is 5.32 Å². The van der Waals surface area contributed by atoms with Gasteiger partial charge in [-0.1, -0.05) is 26.7 Å². The van der Waals surface area contributed by atoms with Gasteiger partial charge in [-0.05, 0) is 41.5 Å². The van der Waals surface area contributed by atoms with Gasteiger partial charge in [0, 0.05) is 6.04 Å². The van der Waals surface area contributed by atoms with E-state index in [4.69, 9.17) is 23.2 Å². The summed E-state index contributed by atoms with van der Waals surface area (Å²) in [5, 5.41) is 3.57. The average molecular weight is 275 g/mol. The highest BCUT2D eigenvalue weighted by Crippen LogP contribution is 2.36. The Morgan fingerprint density at radius 3 is 2.35 bits per heavy atom. The lowest BCUT2D eigenvalue weighted by atomic mass is 9.73. The Hall–Kier alpha value is -0.610. The van der Waals surface area contributed by atoms with Crippen molar-refractivity contribution in [3.63, 3.8) is 0 Å². The zero-order valence-electron chi connectivity index (χ0n) is 10.0. The Morgan fingerprint density at radius 2 is 1.76 bits per heavy atom. The van der Waals surface area contributed by atoms with Gasteiger partial charge >= 0.3 is 0 Å². The summed E-state index contributed by atoms with van der Waals surface area (Å²) in [6.07, 6.45) is 4.84. The summed E-state index contributed by atoms with van der Waals surface area (Å²) < 4.78 is 0. The number of nitrogens with one attached hydrogen (secondary N) is 1. The number of halogens is 2. The molecule has 1 aliphatic carbocycles. The van der Waals surface area contributed by atoms with Crippen LogP contribution in [-0.4, -0.2) is 21.0 Å². The molecule has 1 saturated carbocycles. The van der Waals surface area contributed by atoms with Crippen LogP contribution in [0.2, 0.25) is 10.6 Å². The van der Waals surface area contributed by atoms with Gasteiger partial charge in [0.1, 0.15) is 0 Å². The van der Waals surface area contributed by atoms with Crippen molar-refractivity contribution in [1.82, 2.24) is 15.0 Å². The molecule has 4 nitrogen and oxygen atoms in total. The Morgan fingerprint density at radius 1 is 1.12 bits per heavy atom. The Kier molecular flexibility index (Phi) is 3.73. The molecule has 0 aromatic carbocycles. The SMILES string of the molecule is CC1(C)CCCCC1Nc1nc(Cl)nc(Cl)n1. The Bertz CT molecular complexity index is 388. The third-order valence-electron chi connectivity index (χ3n) is 3.39. The molecular weight excluding hydrogens is 259 g/mol. The molecule has 0 bridgehead atoms. The van der Waals surface area contributed by atoms with E-state index in [-0.39, 0.29) is 16.0 Å². The second-order valence-electron chi connectivity index (χ2n) is 5.13. The van der Waals surface area contributed by atoms with Gasteiger partial charge in [0.2, 0.25) is 16.5 Å². The molecule has 1 unspecified atom stereocenters. The molecule has 1 heterocycles. The Balaban J connectivity index is 2.14. The lowest BCUT2D eigenvalue weighted by Gasteiger charge is -2.38. The summed E-state index contributed by atoms with van der Waals surface area (Å²) >= 11 is 11.5. The molecule has 1 aromatic rings. The number of nitrogens with zero attached hydrogens (tertiary/aromatic N) is 3. The highest BCUT2D eigenvalue weighted by atomic mass is 35.5. The second-order valence-corrected chi connectivity index (χ2v) is 5.80. The first-order valence-electron chi connectivity index (χ1n) is 5.81. The molecule has 94 valence electrons. The minimum atomic E-state index is 0.126. The van der Waals surface area contributed by atoms with Crippen molar-refractivity contribution in [2.24, 2.45) is 5.41 Å². The molecule has 6 heteroatoms. The molecule has 1 atom stereocenters. The third kappa shape index (κ3) is 3.19. The van der Waals surface area contributed by atoms with Crippen molar-refractivity contribution >= 4 is 29.2 Å². The van der Waals surface area contributed by atoms with Crippen LogP contribution >= 0.6 is 23.2 Å². The zero-order chi connectivity index (χ0) is 12.5. The molecule has 0 amide bonds. The van der Waals surface area contributed by atoms with Crippen LogP contribution in [-0.2, 0) is 0 Å². The molecule has 0 spiro atoms. The van der Waals surface area contributed by atoms with Crippen molar-refractivity contribution in [3.8, 4) is 0 Å². The summed E-state index contributed by atoms with van der Waals surface area (Å²) in [6, 6.07) is 0.353. The van der Waals surface area contributed by atoms with Crippen molar-refractivity contribution < 1.29 is 0 Å². The normalized spacial score (nSPS) is 23.4. The predicted molar refractivity (Wildman–Crippen MR) is 69.5 cm³/mol. The van der Waals surface area contributed by atoms with E-state index in [2.05, 4.69) is 34.1 Å². The second kappa shape index (κ2) is 4.94. The fraction of sp³-hybridized carbons (Fsp3) is 0.727. The topological polar surface area (TPSA) is 50.7 Å². The van der Waals surface area contributed by atoms with Crippen LogP contribution in [0, 0.1) is 5.41 Å². The third-order valence-corrected chi connectivity index (χ3v) is 3.73. The highest BCUT2D eigenvalue weighted by molar-refractivity contribution is 6.31. The van der Waals surface area contributed by atoms with Gasteiger partial charge in [-0.25, -0.2) is 0 Å². The van der Waals surface area contributed by atoms with E-state index >= 15 is 0 Å². The minimum Gasteiger partial charge on any atom is -0.351 e. The van der Waals surface area contributed by atoms with E-state index in [1.807, 2.05) is 0 Å². The van der Waals surface area contributed by atoms with Crippen LogP contribution in [0.1, 0.15) is 39.5 Å². The molecule has 0 radical (unpaired) electrons. The molecular formula is C11H16Cl2N4. The molecule has 1 aliphatic rings. The van der Waals surface area contributed by atoms with Crippen LogP contribution in [0.4, 0.5) is 5.95 Å². The number of anilines is 1. The zero-order valence-corrected chi connectivity index (χ0v) is 11.5. The molecule has 1 N–H and O–H groups in total. The van der Waals surface area contributed by atoms with Crippen LogP contribution in [0.15, 0.2) is 0 Å². The average Bonchev–Trinajstić information content (AvgIpc) is 2.19. The Labute approximate surface area is 111 Å². The lowest BCUT2D eigenvalue weighted by molar-refractivity contribution is 0.216. The van der Waals surface area contributed by atoms with E-state index in [1.165, 1.54) is 19.3 Å². The highest BCUT2D eigenvalue weighted by Gasteiger charge is 2.32. The van der Waals surface area contributed by atoms with E-state index in [0.29, 0.717) is 12.0 Å². The summed E-state index contributed by atoms with van der Waals surface area (Å²) in [6.45, 7) is 4.52. The minimum absolute atomic E-state index is 0.126. The number of rotatable bonds is 2. The summed E-state index contributed by atoms with van der Waals surface area (Å²) in [7, 11) is 0. The van der Waals surface area contributed by atoms with Gasteiger partial charge in [-0.2, -0.15) is 15.0 Å². The quantitative estimate of drug-likeness (QED) is 0.896. The molecule has 1 aromatic heterocycles. The molecule has 17 heavy (non-hydrogen) atoms. The van der Waals surface area contributed by atoms with Crippen molar-refractivity contribution in [2.75, 3.05) is 5.32 Å². The molecule has 2 rings (SSSR count). The monoisotopic (exact) mass is 274 g/mol. The summed E-state index contributed by atoms with van der Waals surface area (Å²) in [5.74, 6) is 0.468. The maximum Gasteiger partial charge on any atom is 0.228 e. The van der Waals surface area contributed by atoms with E-state index in [0.717, 1.165) is 6.42 Å². The fourth-order valence-electron chi connectivity index (χ4n) is 2.31. The van der Waals surface area contributed by atoms with Crippen molar-refractivity contribution in [2.45, 2.75) is 45.6 Å². The van der Waals surface area contributed by atoms with Gasteiger partial charge in [0.25, 0.3) is 0 Å². The van der Waals surface area contributed by atoms with Crippen molar-refractivity contribution in [3.05, 3.63) is 10.6 Å². The van der Waals surface area contributed by atoms with E-state index in [1.54, 1.807) is 0 Å². The van der Waals surface area contributed by atoms with Gasteiger partial charge < -0.3 is 5.32 Å². The van der Waals surface area contributed by atoms with Crippen LogP contribution in [0.25, 0.3) is 0 Å². The first kappa shape index (κ1) is 12.8. The maximum atomic E-state index is 5.75. The lowest BCUT2D eigenvalue weighted by Crippen LogP contribution is -2.39. The van der Waals surface area contributed by atoms with E-state index in [9.17, 15) is 0 Å².